The van der Waals surface area contributed by atoms with Crippen LogP contribution in [0.15, 0.2) is 53.7 Å². The van der Waals surface area contributed by atoms with Gasteiger partial charge in [-0.15, -0.1) is 0 Å². The number of carbonyl (C=O) groups excluding carboxylic acids is 1. The number of nitrogens with zero attached hydrogens (tertiary/aromatic N) is 2. The number of aromatic nitrogens is 1. The molecule has 1 aromatic heterocycles. The number of hydrogen-bond acceptors (Lipinski definition) is 7. The summed E-state index contributed by atoms with van der Waals surface area (Å²) >= 11 is 0. The Kier molecular flexibility index (Phi) is 6.27. The minimum atomic E-state index is -4.09. The second-order valence-corrected chi connectivity index (χ2v) is 7.44. The lowest BCUT2D eigenvalue weighted by Gasteiger charge is -2.27. The number of likely N-dealkylation sites (N-methyl/N-ethyl adjacent to an activating group) is 1. The zero-order valence-electron chi connectivity index (χ0n) is 14.1. The summed E-state index contributed by atoms with van der Waals surface area (Å²) in [6.45, 7) is 1.25. The Morgan fingerprint density at radius 3 is 2.19 bits per heavy atom. The molecule has 0 fully saturated rings. The molecule has 1 heterocycles. The third-order valence-corrected chi connectivity index (χ3v) is 5.47. The lowest BCUT2D eigenvalue weighted by Crippen LogP contribution is -2.52. The molecule has 0 aliphatic heterocycles. The van der Waals surface area contributed by atoms with E-state index >= 15 is 0 Å². The second-order valence-electron chi connectivity index (χ2n) is 5.44. The molecule has 1 unspecified atom stereocenters. The summed E-state index contributed by atoms with van der Waals surface area (Å²) in [7, 11) is -2.95. The van der Waals surface area contributed by atoms with E-state index in [4.69, 9.17) is 9.94 Å². The van der Waals surface area contributed by atoms with Gasteiger partial charge in [-0.05, 0) is 43.3 Å². The number of hydrogen-bond donors (Lipinski definition) is 3. The fraction of sp³-hybridized carbons (Fsp3) is 0.250. The molecule has 1 amide bonds. The van der Waals surface area contributed by atoms with E-state index in [0.29, 0.717) is 15.8 Å². The number of ether oxygens (including phenoxy) is 1. The first-order chi connectivity index (χ1) is 12.3. The second kappa shape index (κ2) is 8.23. The maximum atomic E-state index is 12.7. The lowest BCUT2D eigenvalue weighted by molar-refractivity contribution is -0.136. The summed E-state index contributed by atoms with van der Waals surface area (Å²) in [6, 6.07) is 7.38. The van der Waals surface area contributed by atoms with Crippen molar-refractivity contribution in [2.24, 2.45) is 0 Å². The number of hydroxylamine groups is 1. The molecule has 140 valence electrons. The van der Waals surface area contributed by atoms with Gasteiger partial charge in [-0.1, -0.05) is 0 Å². The van der Waals surface area contributed by atoms with Gasteiger partial charge in [0.1, 0.15) is 17.5 Å². The van der Waals surface area contributed by atoms with Crippen LogP contribution >= 0.6 is 0 Å². The van der Waals surface area contributed by atoms with Gasteiger partial charge in [0.25, 0.3) is 5.91 Å². The molecule has 2 aromatic rings. The van der Waals surface area contributed by atoms with Crippen LogP contribution in [0.3, 0.4) is 0 Å². The van der Waals surface area contributed by atoms with Crippen LogP contribution in [-0.2, 0) is 14.8 Å². The Bertz CT molecular complexity index is 840. The van der Waals surface area contributed by atoms with Gasteiger partial charge in [0.05, 0.1) is 11.0 Å². The van der Waals surface area contributed by atoms with E-state index in [-0.39, 0.29) is 4.90 Å². The number of nitrogens with one attached hydrogen (secondary N) is 1. The van der Waals surface area contributed by atoms with Crippen molar-refractivity contribution < 1.29 is 28.3 Å². The Morgan fingerprint density at radius 2 is 1.69 bits per heavy atom. The first-order valence-corrected chi connectivity index (χ1v) is 8.99. The standard InChI is InChI=1S/C16H19N3O6S/c1-11(20)15(16(21)18-22)19(2)26(23,24)14-5-3-12(4-6-14)25-13-7-9-17-10-8-13/h3-11,15,20,22H,1-2H3,(H,18,21)/t11-,15?/m1/s1. The number of rotatable bonds is 7. The van der Waals surface area contributed by atoms with Gasteiger partial charge in [-0.2, -0.15) is 4.31 Å². The van der Waals surface area contributed by atoms with Crippen molar-refractivity contribution in [3.8, 4) is 11.5 Å². The molecule has 26 heavy (non-hydrogen) atoms. The predicted octanol–water partition coefficient (Wildman–Crippen LogP) is 0.749. The van der Waals surface area contributed by atoms with Crippen LogP contribution in [0.4, 0.5) is 0 Å². The SMILES string of the molecule is C[C@@H](O)C(C(=O)NO)N(C)S(=O)(=O)c1ccc(Oc2ccncc2)cc1. The van der Waals surface area contributed by atoms with Crippen molar-refractivity contribution in [2.75, 3.05) is 7.05 Å². The van der Waals surface area contributed by atoms with E-state index in [1.807, 2.05) is 0 Å². The first-order valence-electron chi connectivity index (χ1n) is 7.55. The Hall–Kier alpha value is -2.53. The fourth-order valence-corrected chi connectivity index (χ4v) is 3.68. The molecule has 3 N–H and O–H groups in total. The highest BCUT2D eigenvalue weighted by Gasteiger charge is 2.36. The topological polar surface area (TPSA) is 129 Å². The van der Waals surface area contributed by atoms with Gasteiger partial charge >= 0.3 is 0 Å². The molecule has 9 nitrogen and oxygen atoms in total. The Morgan fingerprint density at radius 1 is 1.15 bits per heavy atom. The number of pyridine rings is 1. The molecule has 0 aliphatic carbocycles. The molecule has 1 aromatic carbocycles. The van der Waals surface area contributed by atoms with Crippen LogP contribution in [-0.4, -0.2) is 53.1 Å². The van der Waals surface area contributed by atoms with E-state index in [1.165, 1.54) is 36.7 Å². The van der Waals surface area contributed by atoms with E-state index in [0.717, 1.165) is 7.05 Å². The van der Waals surface area contributed by atoms with Gasteiger partial charge in [0, 0.05) is 19.4 Å². The minimum absolute atomic E-state index is 0.0986. The molecule has 0 saturated carbocycles. The summed E-state index contributed by atoms with van der Waals surface area (Å²) in [5.41, 5.74) is 1.36. The van der Waals surface area contributed by atoms with Crippen molar-refractivity contribution in [3.63, 3.8) is 0 Å². The van der Waals surface area contributed by atoms with E-state index in [9.17, 15) is 18.3 Å². The largest absolute Gasteiger partial charge is 0.457 e. The number of sulfonamides is 1. The molecule has 0 radical (unpaired) electrons. The van der Waals surface area contributed by atoms with Crippen LogP contribution in [0, 0.1) is 0 Å². The normalized spacial score (nSPS) is 13.9. The number of carbonyl (C=O) groups is 1. The number of aliphatic hydroxyl groups is 1. The van der Waals surface area contributed by atoms with E-state index in [1.54, 1.807) is 24.5 Å². The lowest BCUT2D eigenvalue weighted by atomic mass is 10.2. The molecule has 2 atom stereocenters. The quantitative estimate of drug-likeness (QED) is 0.477. The zero-order chi connectivity index (χ0) is 19.3. The molecule has 10 heteroatoms. The monoisotopic (exact) mass is 381 g/mol. The zero-order valence-corrected chi connectivity index (χ0v) is 14.9. The van der Waals surface area contributed by atoms with Gasteiger partial charge in [-0.3, -0.25) is 15.0 Å². The minimum Gasteiger partial charge on any atom is -0.457 e. The summed E-state index contributed by atoms with van der Waals surface area (Å²) in [4.78, 5) is 15.4. The third-order valence-electron chi connectivity index (χ3n) is 3.61. The maximum Gasteiger partial charge on any atom is 0.264 e. The van der Waals surface area contributed by atoms with Crippen molar-refractivity contribution >= 4 is 15.9 Å². The molecular formula is C16H19N3O6S. The first kappa shape index (κ1) is 19.8. The highest BCUT2D eigenvalue weighted by Crippen LogP contribution is 2.24. The third kappa shape index (κ3) is 4.35. The summed E-state index contributed by atoms with van der Waals surface area (Å²) in [5.74, 6) is -0.0804. The summed E-state index contributed by atoms with van der Waals surface area (Å²) in [5, 5.41) is 18.5. The number of benzene rings is 1. The maximum absolute atomic E-state index is 12.7. The van der Waals surface area contributed by atoms with Crippen molar-refractivity contribution in [1.29, 1.82) is 0 Å². The molecule has 0 aliphatic rings. The molecule has 2 rings (SSSR count). The van der Waals surface area contributed by atoms with Gasteiger partial charge in [-0.25, -0.2) is 13.9 Å². The fourth-order valence-electron chi connectivity index (χ4n) is 2.29. The van der Waals surface area contributed by atoms with Crippen LogP contribution in [0.5, 0.6) is 11.5 Å². The molecule has 0 bridgehead atoms. The van der Waals surface area contributed by atoms with E-state index in [2.05, 4.69) is 4.98 Å². The van der Waals surface area contributed by atoms with Crippen LogP contribution in [0.25, 0.3) is 0 Å². The molecule has 0 saturated heterocycles. The Labute approximate surface area is 150 Å². The summed E-state index contributed by atoms with van der Waals surface area (Å²) in [6.07, 6.45) is 1.79. The highest BCUT2D eigenvalue weighted by molar-refractivity contribution is 7.89. The number of aliphatic hydroxyl groups excluding tert-OH is 1. The van der Waals surface area contributed by atoms with Gasteiger partial charge in [0.15, 0.2) is 0 Å². The van der Waals surface area contributed by atoms with Gasteiger partial charge < -0.3 is 9.84 Å². The smallest absolute Gasteiger partial charge is 0.264 e. The van der Waals surface area contributed by atoms with Crippen LogP contribution in [0.2, 0.25) is 0 Å². The number of amides is 1. The van der Waals surface area contributed by atoms with Crippen molar-refractivity contribution in [1.82, 2.24) is 14.8 Å². The van der Waals surface area contributed by atoms with E-state index < -0.39 is 28.1 Å². The average molecular weight is 381 g/mol. The highest BCUT2D eigenvalue weighted by atomic mass is 32.2. The van der Waals surface area contributed by atoms with Crippen molar-refractivity contribution in [3.05, 3.63) is 48.8 Å². The average Bonchev–Trinajstić information content (AvgIpc) is 2.62. The van der Waals surface area contributed by atoms with Crippen LogP contribution < -0.4 is 10.2 Å². The van der Waals surface area contributed by atoms with Crippen molar-refractivity contribution in [2.45, 2.75) is 24.0 Å². The molecule has 0 spiro atoms. The molecular weight excluding hydrogens is 362 g/mol. The Balaban J connectivity index is 2.24. The summed E-state index contributed by atoms with van der Waals surface area (Å²) < 4.78 is 31.6. The predicted molar refractivity (Wildman–Crippen MR) is 91.1 cm³/mol. The van der Waals surface area contributed by atoms with Gasteiger partial charge in [0.2, 0.25) is 10.0 Å². The van der Waals surface area contributed by atoms with Crippen LogP contribution in [0.1, 0.15) is 6.92 Å².